The van der Waals surface area contributed by atoms with Crippen LogP contribution in [0.15, 0.2) is 0 Å². The molecule has 21 heavy (non-hydrogen) atoms. The van der Waals surface area contributed by atoms with Crippen molar-refractivity contribution in [3.05, 3.63) is 0 Å². The Morgan fingerprint density at radius 2 is 2.14 bits per heavy atom. The van der Waals surface area contributed by atoms with Crippen molar-refractivity contribution in [1.82, 2.24) is 15.5 Å². The molecule has 1 saturated heterocycles. The Bertz CT molecular complexity index is 352. The molecule has 1 aliphatic heterocycles. The molecule has 6 heteroatoms. The predicted octanol–water partition coefficient (Wildman–Crippen LogP) is 0.272. The third kappa shape index (κ3) is 6.01. The second-order valence-corrected chi connectivity index (χ2v) is 5.98. The average molecular weight is 297 g/mol. The van der Waals surface area contributed by atoms with E-state index >= 15 is 0 Å². The molecule has 1 saturated carbocycles. The largest absolute Gasteiger partial charge is 0.469 e. The van der Waals surface area contributed by atoms with Crippen LogP contribution in [0.5, 0.6) is 0 Å². The molecular formula is C15H27N3O3. The van der Waals surface area contributed by atoms with E-state index in [-0.39, 0.29) is 11.9 Å². The zero-order valence-corrected chi connectivity index (χ0v) is 12.9. The topological polar surface area (TPSA) is 70.7 Å². The van der Waals surface area contributed by atoms with Crippen LogP contribution in [0, 0.1) is 0 Å². The molecule has 2 N–H and O–H groups in total. The van der Waals surface area contributed by atoms with Gasteiger partial charge in [-0.25, -0.2) is 0 Å². The number of carbonyl (C=O) groups excluding carboxylic acids is 2. The number of hydrogen-bond donors (Lipinski definition) is 2. The summed E-state index contributed by atoms with van der Waals surface area (Å²) in [5.74, 6) is -0.166. The second kappa shape index (κ2) is 8.34. The molecule has 0 aromatic carbocycles. The van der Waals surface area contributed by atoms with E-state index in [0.717, 1.165) is 13.1 Å². The van der Waals surface area contributed by atoms with Crippen LogP contribution in [0.4, 0.5) is 0 Å². The van der Waals surface area contributed by atoms with E-state index in [9.17, 15) is 9.59 Å². The first kappa shape index (κ1) is 16.2. The maximum Gasteiger partial charge on any atom is 0.305 e. The monoisotopic (exact) mass is 297 g/mol. The highest BCUT2D eigenvalue weighted by Crippen LogP contribution is 2.27. The van der Waals surface area contributed by atoms with Gasteiger partial charge in [0.15, 0.2) is 0 Å². The summed E-state index contributed by atoms with van der Waals surface area (Å²) in [4.78, 5) is 25.3. The molecule has 6 nitrogen and oxygen atoms in total. The third-order valence-corrected chi connectivity index (χ3v) is 4.13. The van der Waals surface area contributed by atoms with Crippen LogP contribution in [0.1, 0.15) is 38.5 Å². The van der Waals surface area contributed by atoms with E-state index in [1.54, 1.807) is 0 Å². The van der Waals surface area contributed by atoms with Crippen molar-refractivity contribution in [3.8, 4) is 0 Å². The lowest BCUT2D eigenvalue weighted by Gasteiger charge is -2.24. The van der Waals surface area contributed by atoms with Crippen molar-refractivity contribution in [3.63, 3.8) is 0 Å². The highest BCUT2D eigenvalue weighted by atomic mass is 16.5. The van der Waals surface area contributed by atoms with Crippen LogP contribution in [0.3, 0.4) is 0 Å². The average Bonchev–Trinajstić information content (AvgIpc) is 3.21. The molecule has 1 heterocycles. The van der Waals surface area contributed by atoms with Gasteiger partial charge in [0.1, 0.15) is 0 Å². The first-order valence-electron chi connectivity index (χ1n) is 8.00. The number of hydrogen-bond acceptors (Lipinski definition) is 5. The smallest absolute Gasteiger partial charge is 0.305 e. The van der Waals surface area contributed by atoms with E-state index in [1.165, 1.54) is 32.8 Å². The summed E-state index contributed by atoms with van der Waals surface area (Å²) in [6, 6.07) is 1.13. The van der Waals surface area contributed by atoms with Gasteiger partial charge >= 0.3 is 5.97 Å². The van der Waals surface area contributed by atoms with Crippen molar-refractivity contribution in [2.75, 3.05) is 33.3 Å². The van der Waals surface area contributed by atoms with Crippen LogP contribution in [-0.4, -0.2) is 62.1 Å². The van der Waals surface area contributed by atoms with Gasteiger partial charge in [-0.15, -0.1) is 0 Å². The molecule has 0 bridgehead atoms. The SMILES string of the molecule is COC(=O)CCCNC(=O)CN(CC1CCCN1)C1CC1. The van der Waals surface area contributed by atoms with Crippen LogP contribution in [0.25, 0.3) is 0 Å². The minimum absolute atomic E-state index is 0.0600. The van der Waals surface area contributed by atoms with Crippen molar-refractivity contribution in [2.24, 2.45) is 0 Å². The molecule has 2 aliphatic rings. The molecule has 2 rings (SSSR count). The molecule has 1 atom stereocenters. The number of amides is 1. The zero-order valence-electron chi connectivity index (χ0n) is 12.9. The lowest BCUT2D eigenvalue weighted by Crippen LogP contribution is -2.44. The van der Waals surface area contributed by atoms with Gasteiger partial charge in [-0.2, -0.15) is 0 Å². The fraction of sp³-hybridized carbons (Fsp3) is 0.867. The number of ether oxygens (including phenoxy) is 1. The van der Waals surface area contributed by atoms with E-state index < -0.39 is 0 Å². The molecule has 1 unspecified atom stereocenters. The molecule has 1 aliphatic carbocycles. The van der Waals surface area contributed by atoms with Crippen LogP contribution >= 0.6 is 0 Å². The van der Waals surface area contributed by atoms with Crippen molar-refractivity contribution in [1.29, 1.82) is 0 Å². The minimum Gasteiger partial charge on any atom is -0.469 e. The third-order valence-electron chi connectivity index (χ3n) is 4.13. The summed E-state index contributed by atoms with van der Waals surface area (Å²) in [5, 5.41) is 6.38. The fourth-order valence-corrected chi connectivity index (χ4v) is 2.78. The Kier molecular flexibility index (Phi) is 6.45. The number of methoxy groups -OCH3 is 1. The lowest BCUT2D eigenvalue weighted by atomic mass is 10.2. The summed E-state index contributed by atoms with van der Waals surface area (Å²) in [5.41, 5.74) is 0. The van der Waals surface area contributed by atoms with Gasteiger partial charge in [-0.1, -0.05) is 0 Å². The number of rotatable bonds is 9. The summed E-state index contributed by atoms with van der Waals surface area (Å²) < 4.78 is 4.57. The van der Waals surface area contributed by atoms with Crippen LogP contribution in [0.2, 0.25) is 0 Å². The number of nitrogens with one attached hydrogen (secondary N) is 2. The molecule has 0 spiro atoms. The minimum atomic E-state index is -0.226. The van der Waals surface area contributed by atoms with Gasteiger partial charge in [0, 0.05) is 31.6 Å². The van der Waals surface area contributed by atoms with Gasteiger partial charge in [0.2, 0.25) is 5.91 Å². The molecule has 120 valence electrons. The molecule has 2 fully saturated rings. The van der Waals surface area contributed by atoms with Crippen molar-refractivity contribution < 1.29 is 14.3 Å². The molecule has 0 aromatic rings. The maximum atomic E-state index is 12.0. The Labute approximate surface area is 126 Å². The van der Waals surface area contributed by atoms with Gasteiger partial charge in [0.05, 0.1) is 13.7 Å². The first-order chi connectivity index (χ1) is 10.2. The summed E-state index contributed by atoms with van der Waals surface area (Å²) in [6.45, 7) is 3.08. The van der Waals surface area contributed by atoms with Gasteiger partial charge < -0.3 is 15.4 Å². The second-order valence-electron chi connectivity index (χ2n) is 5.98. The highest BCUT2D eigenvalue weighted by molar-refractivity contribution is 5.78. The Morgan fingerprint density at radius 3 is 2.76 bits per heavy atom. The Balaban J connectivity index is 1.62. The fourth-order valence-electron chi connectivity index (χ4n) is 2.78. The normalized spacial score (nSPS) is 21.5. The molecular weight excluding hydrogens is 270 g/mol. The lowest BCUT2D eigenvalue weighted by molar-refractivity contribution is -0.140. The summed E-state index contributed by atoms with van der Waals surface area (Å²) in [6.07, 6.45) is 5.86. The highest BCUT2D eigenvalue weighted by Gasteiger charge is 2.32. The van der Waals surface area contributed by atoms with Crippen LogP contribution in [-0.2, 0) is 14.3 Å². The van der Waals surface area contributed by atoms with Crippen molar-refractivity contribution >= 4 is 11.9 Å². The number of nitrogens with zero attached hydrogens (tertiary/aromatic N) is 1. The number of carbonyl (C=O) groups is 2. The standard InChI is InChI=1S/C15H27N3O3/c1-21-15(20)5-3-9-17-14(19)11-18(13-6-7-13)10-12-4-2-8-16-12/h12-13,16H,2-11H2,1H3,(H,17,19). The van der Waals surface area contributed by atoms with E-state index in [1.807, 2.05) is 0 Å². The first-order valence-corrected chi connectivity index (χ1v) is 8.00. The number of esters is 1. The maximum absolute atomic E-state index is 12.0. The summed E-state index contributed by atoms with van der Waals surface area (Å²) >= 11 is 0. The van der Waals surface area contributed by atoms with E-state index in [4.69, 9.17) is 0 Å². The van der Waals surface area contributed by atoms with Gasteiger partial charge in [-0.05, 0) is 38.6 Å². The van der Waals surface area contributed by atoms with E-state index in [0.29, 0.717) is 38.0 Å². The summed E-state index contributed by atoms with van der Waals surface area (Å²) in [7, 11) is 1.38. The molecule has 0 aromatic heterocycles. The van der Waals surface area contributed by atoms with Crippen LogP contribution < -0.4 is 10.6 Å². The van der Waals surface area contributed by atoms with E-state index in [2.05, 4.69) is 20.3 Å². The predicted molar refractivity (Wildman–Crippen MR) is 79.9 cm³/mol. The van der Waals surface area contributed by atoms with Gasteiger partial charge in [-0.3, -0.25) is 14.5 Å². The quantitative estimate of drug-likeness (QED) is 0.472. The van der Waals surface area contributed by atoms with Crippen molar-refractivity contribution in [2.45, 2.75) is 50.6 Å². The zero-order chi connectivity index (χ0) is 15.1. The Morgan fingerprint density at radius 1 is 1.33 bits per heavy atom. The van der Waals surface area contributed by atoms with Gasteiger partial charge in [0.25, 0.3) is 0 Å². The molecule has 1 amide bonds. The molecule has 0 radical (unpaired) electrons. The Hall–Kier alpha value is -1.14.